The van der Waals surface area contributed by atoms with Crippen LogP contribution in [0.25, 0.3) is 0 Å². The lowest BCUT2D eigenvalue weighted by molar-refractivity contribution is 0.0938. The Bertz CT molecular complexity index is 626. The maximum atomic E-state index is 12.3. The Hall–Kier alpha value is -1.60. The van der Waals surface area contributed by atoms with Crippen molar-refractivity contribution in [3.8, 4) is 5.75 Å². The number of ether oxygens (including phenoxy) is 1. The molecule has 0 unspecified atom stereocenters. The van der Waals surface area contributed by atoms with Crippen LogP contribution in [0.4, 0.5) is 0 Å². The molecular formula is C15H24N2O4S. The molecule has 0 fully saturated rings. The van der Waals surface area contributed by atoms with Gasteiger partial charge in [-0.25, -0.2) is 12.7 Å². The van der Waals surface area contributed by atoms with Crippen molar-refractivity contribution in [3.63, 3.8) is 0 Å². The highest BCUT2D eigenvalue weighted by molar-refractivity contribution is 7.89. The minimum Gasteiger partial charge on any atom is -0.495 e. The third-order valence-corrected chi connectivity index (χ3v) is 5.12. The minimum absolute atomic E-state index is 0.0178. The second-order valence-electron chi connectivity index (χ2n) is 5.32. The predicted octanol–water partition coefficient (Wildman–Crippen LogP) is 1.86. The van der Waals surface area contributed by atoms with Gasteiger partial charge in [-0.3, -0.25) is 4.79 Å². The average molecular weight is 328 g/mol. The second kappa shape index (κ2) is 7.60. The molecule has 6 nitrogen and oxygen atoms in total. The van der Waals surface area contributed by atoms with Gasteiger partial charge in [-0.05, 0) is 31.5 Å². The lowest BCUT2D eigenvalue weighted by atomic mass is 10.1. The standard InChI is InChI=1S/C15H24N2O4S/c1-6-7-11(2)16-15(18)12-8-9-13(21-5)14(10-12)22(19,20)17(3)4/h8-11H,6-7H2,1-5H3,(H,16,18)/t11-/m1/s1. The molecule has 0 aliphatic carbocycles. The summed E-state index contributed by atoms with van der Waals surface area (Å²) >= 11 is 0. The number of hydrogen-bond acceptors (Lipinski definition) is 4. The fourth-order valence-electron chi connectivity index (χ4n) is 2.03. The van der Waals surface area contributed by atoms with Gasteiger partial charge in [0.2, 0.25) is 10.0 Å². The Morgan fingerprint density at radius 3 is 2.50 bits per heavy atom. The molecule has 1 aromatic carbocycles. The Balaban J connectivity index is 3.18. The summed E-state index contributed by atoms with van der Waals surface area (Å²) < 4.78 is 30.8. The molecule has 124 valence electrons. The maximum absolute atomic E-state index is 12.3. The molecular weight excluding hydrogens is 304 g/mol. The quantitative estimate of drug-likeness (QED) is 0.829. The van der Waals surface area contributed by atoms with Crippen molar-refractivity contribution >= 4 is 15.9 Å². The first-order valence-electron chi connectivity index (χ1n) is 7.15. The van der Waals surface area contributed by atoms with Crippen LogP contribution in [-0.2, 0) is 10.0 Å². The van der Waals surface area contributed by atoms with E-state index in [4.69, 9.17) is 4.74 Å². The van der Waals surface area contributed by atoms with Gasteiger partial charge in [0.25, 0.3) is 5.91 Å². The van der Waals surface area contributed by atoms with Crippen LogP contribution in [0.15, 0.2) is 23.1 Å². The predicted molar refractivity (Wildman–Crippen MR) is 85.7 cm³/mol. The van der Waals surface area contributed by atoms with E-state index in [-0.39, 0.29) is 22.6 Å². The molecule has 0 heterocycles. The summed E-state index contributed by atoms with van der Waals surface area (Å²) in [6.45, 7) is 3.96. The van der Waals surface area contributed by atoms with Gasteiger partial charge in [0, 0.05) is 25.7 Å². The first-order chi connectivity index (χ1) is 10.2. The highest BCUT2D eigenvalue weighted by Crippen LogP contribution is 2.26. The molecule has 0 bridgehead atoms. The minimum atomic E-state index is -3.69. The van der Waals surface area contributed by atoms with Gasteiger partial charge >= 0.3 is 0 Å². The summed E-state index contributed by atoms with van der Waals surface area (Å²) in [5.41, 5.74) is 0.296. The first kappa shape index (κ1) is 18.4. The molecule has 1 amide bonds. The lowest BCUT2D eigenvalue weighted by Gasteiger charge is -2.17. The van der Waals surface area contributed by atoms with Crippen LogP contribution < -0.4 is 10.1 Å². The van der Waals surface area contributed by atoms with E-state index < -0.39 is 10.0 Å². The molecule has 0 aromatic heterocycles. The second-order valence-corrected chi connectivity index (χ2v) is 7.44. The molecule has 1 rings (SSSR count). The Morgan fingerprint density at radius 2 is 2.00 bits per heavy atom. The van der Waals surface area contributed by atoms with E-state index in [2.05, 4.69) is 5.32 Å². The highest BCUT2D eigenvalue weighted by atomic mass is 32.2. The molecule has 1 aromatic rings. The molecule has 0 saturated heterocycles. The van der Waals surface area contributed by atoms with Crippen molar-refractivity contribution in [2.75, 3.05) is 21.2 Å². The van der Waals surface area contributed by atoms with Crippen LogP contribution >= 0.6 is 0 Å². The van der Waals surface area contributed by atoms with Gasteiger partial charge in [0.1, 0.15) is 10.6 Å². The Kier molecular flexibility index (Phi) is 6.37. The van der Waals surface area contributed by atoms with Crippen molar-refractivity contribution in [1.29, 1.82) is 0 Å². The van der Waals surface area contributed by atoms with Crippen molar-refractivity contribution in [2.24, 2.45) is 0 Å². The van der Waals surface area contributed by atoms with Crippen molar-refractivity contribution < 1.29 is 17.9 Å². The molecule has 0 radical (unpaired) electrons. The number of nitrogens with zero attached hydrogens (tertiary/aromatic N) is 1. The Morgan fingerprint density at radius 1 is 1.36 bits per heavy atom. The molecule has 7 heteroatoms. The zero-order valence-electron chi connectivity index (χ0n) is 13.7. The van der Waals surface area contributed by atoms with Crippen LogP contribution in [0, 0.1) is 0 Å². The van der Waals surface area contributed by atoms with Crippen molar-refractivity contribution in [2.45, 2.75) is 37.6 Å². The molecule has 0 aliphatic heterocycles. The van der Waals surface area contributed by atoms with Gasteiger partial charge in [-0.2, -0.15) is 0 Å². The number of nitrogens with one attached hydrogen (secondary N) is 1. The van der Waals surface area contributed by atoms with E-state index >= 15 is 0 Å². The van der Waals surface area contributed by atoms with Crippen LogP contribution in [0.2, 0.25) is 0 Å². The van der Waals surface area contributed by atoms with E-state index in [0.717, 1.165) is 17.1 Å². The summed E-state index contributed by atoms with van der Waals surface area (Å²) in [5, 5.41) is 2.85. The smallest absolute Gasteiger partial charge is 0.251 e. The Labute approximate surface area is 132 Å². The molecule has 22 heavy (non-hydrogen) atoms. The van der Waals surface area contributed by atoms with Gasteiger partial charge in [-0.1, -0.05) is 13.3 Å². The highest BCUT2D eigenvalue weighted by Gasteiger charge is 2.24. The van der Waals surface area contributed by atoms with Crippen LogP contribution in [-0.4, -0.2) is 45.9 Å². The van der Waals surface area contributed by atoms with Crippen molar-refractivity contribution in [1.82, 2.24) is 9.62 Å². The monoisotopic (exact) mass is 328 g/mol. The zero-order chi connectivity index (χ0) is 16.9. The van der Waals surface area contributed by atoms with Crippen LogP contribution in [0.1, 0.15) is 37.0 Å². The summed E-state index contributed by atoms with van der Waals surface area (Å²) in [5.74, 6) is -0.0781. The van der Waals surface area contributed by atoms with E-state index in [1.807, 2.05) is 13.8 Å². The molecule has 0 aliphatic rings. The summed E-state index contributed by atoms with van der Waals surface area (Å²) in [4.78, 5) is 12.2. The SMILES string of the molecule is CCC[C@@H](C)NC(=O)c1ccc(OC)c(S(=O)(=O)N(C)C)c1. The van der Waals surface area contributed by atoms with E-state index in [1.54, 1.807) is 6.07 Å². The van der Waals surface area contributed by atoms with E-state index in [0.29, 0.717) is 5.56 Å². The number of rotatable bonds is 7. The van der Waals surface area contributed by atoms with E-state index in [1.165, 1.54) is 33.3 Å². The molecule has 0 saturated carbocycles. The third-order valence-electron chi connectivity index (χ3n) is 3.28. The van der Waals surface area contributed by atoms with Gasteiger partial charge in [0.15, 0.2) is 0 Å². The first-order valence-corrected chi connectivity index (χ1v) is 8.59. The number of hydrogen-bond donors (Lipinski definition) is 1. The van der Waals surface area contributed by atoms with Crippen LogP contribution in [0.3, 0.4) is 0 Å². The molecule has 1 atom stereocenters. The summed E-state index contributed by atoms with van der Waals surface area (Å²) in [6.07, 6.45) is 1.83. The largest absolute Gasteiger partial charge is 0.495 e. The summed E-state index contributed by atoms with van der Waals surface area (Å²) in [6, 6.07) is 4.44. The number of methoxy groups -OCH3 is 1. The average Bonchev–Trinajstić information content (AvgIpc) is 2.46. The number of benzene rings is 1. The molecule has 0 spiro atoms. The number of sulfonamides is 1. The van der Waals surface area contributed by atoms with Gasteiger partial charge in [0.05, 0.1) is 7.11 Å². The topological polar surface area (TPSA) is 75.7 Å². The number of amides is 1. The number of carbonyl (C=O) groups excluding carboxylic acids is 1. The van der Waals surface area contributed by atoms with Gasteiger partial charge < -0.3 is 10.1 Å². The number of carbonyl (C=O) groups is 1. The molecule has 1 N–H and O–H groups in total. The normalized spacial score (nSPS) is 13.0. The maximum Gasteiger partial charge on any atom is 0.251 e. The third kappa shape index (κ3) is 4.20. The summed E-state index contributed by atoms with van der Waals surface area (Å²) in [7, 11) is 0.581. The zero-order valence-corrected chi connectivity index (χ0v) is 14.5. The van der Waals surface area contributed by atoms with Crippen molar-refractivity contribution in [3.05, 3.63) is 23.8 Å². The van der Waals surface area contributed by atoms with Crippen LogP contribution in [0.5, 0.6) is 5.75 Å². The fraction of sp³-hybridized carbons (Fsp3) is 0.533. The lowest BCUT2D eigenvalue weighted by Crippen LogP contribution is -2.32. The van der Waals surface area contributed by atoms with E-state index in [9.17, 15) is 13.2 Å². The van der Waals surface area contributed by atoms with Gasteiger partial charge in [-0.15, -0.1) is 0 Å². The fourth-order valence-corrected chi connectivity index (χ4v) is 3.10.